The highest BCUT2D eigenvalue weighted by atomic mass is 16.6. The van der Waals surface area contributed by atoms with Crippen LogP contribution < -0.4 is 14.8 Å². The molecular formula is C15H16N2O3. The number of aromatic amines is 1. The van der Waals surface area contributed by atoms with Gasteiger partial charge in [-0.2, -0.15) is 0 Å². The summed E-state index contributed by atoms with van der Waals surface area (Å²) in [7, 11) is 0. The molecule has 3 rings (SSSR count). The Morgan fingerprint density at radius 3 is 2.60 bits per heavy atom. The molecule has 0 spiro atoms. The van der Waals surface area contributed by atoms with Crippen molar-refractivity contribution in [1.82, 2.24) is 4.98 Å². The second-order valence-electron chi connectivity index (χ2n) is 4.80. The van der Waals surface area contributed by atoms with Crippen molar-refractivity contribution in [3.8, 4) is 11.5 Å². The zero-order chi connectivity index (χ0) is 14.1. The molecule has 0 radical (unpaired) electrons. The standard InChI is InChI=1S/C15H16N2O3/c1-9-7-12(10(2)16-9)15(18)17-11-3-4-13-14(8-11)20-6-5-19-13/h3-4,7-8,16H,5-6H2,1-2H3,(H,17,18). The highest BCUT2D eigenvalue weighted by Crippen LogP contribution is 2.32. The van der Waals surface area contributed by atoms with Crippen LogP contribution in [-0.4, -0.2) is 24.1 Å². The maximum absolute atomic E-state index is 12.2. The number of carbonyl (C=O) groups excluding carboxylic acids is 1. The first-order valence-corrected chi connectivity index (χ1v) is 6.51. The number of anilines is 1. The minimum Gasteiger partial charge on any atom is -0.486 e. The van der Waals surface area contributed by atoms with Gasteiger partial charge in [-0.05, 0) is 32.0 Å². The van der Waals surface area contributed by atoms with E-state index in [2.05, 4.69) is 10.3 Å². The molecule has 0 aliphatic carbocycles. The molecule has 5 heteroatoms. The number of benzene rings is 1. The van der Waals surface area contributed by atoms with Crippen LogP contribution in [0.15, 0.2) is 24.3 Å². The first-order chi connectivity index (χ1) is 9.63. The van der Waals surface area contributed by atoms with Crippen LogP contribution in [0.1, 0.15) is 21.7 Å². The van der Waals surface area contributed by atoms with Crippen LogP contribution in [0.5, 0.6) is 11.5 Å². The summed E-state index contributed by atoms with van der Waals surface area (Å²) in [6.07, 6.45) is 0. The molecule has 1 aliphatic rings. The maximum Gasteiger partial charge on any atom is 0.257 e. The van der Waals surface area contributed by atoms with E-state index in [0.29, 0.717) is 36.0 Å². The first-order valence-electron chi connectivity index (χ1n) is 6.51. The Labute approximate surface area is 116 Å². The van der Waals surface area contributed by atoms with Gasteiger partial charge in [0, 0.05) is 23.1 Å². The molecule has 1 aromatic carbocycles. The van der Waals surface area contributed by atoms with Gasteiger partial charge >= 0.3 is 0 Å². The van der Waals surface area contributed by atoms with E-state index in [1.807, 2.05) is 19.9 Å². The summed E-state index contributed by atoms with van der Waals surface area (Å²) in [6.45, 7) is 4.89. The molecule has 0 saturated carbocycles. The van der Waals surface area contributed by atoms with Crippen LogP contribution in [0, 0.1) is 13.8 Å². The van der Waals surface area contributed by atoms with Crippen molar-refractivity contribution in [1.29, 1.82) is 0 Å². The summed E-state index contributed by atoms with van der Waals surface area (Å²) in [6, 6.07) is 7.23. The predicted octanol–water partition coefficient (Wildman–Crippen LogP) is 2.66. The average Bonchev–Trinajstić information content (AvgIpc) is 2.78. The predicted molar refractivity (Wildman–Crippen MR) is 75.7 cm³/mol. The van der Waals surface area contributed by atoms with Gasteiger partial charge in [-0.3, -0.25) is 4.79 Å². The molecule has 2 N–H and O–H groups in total. The number of aromatic nitrogens is 1. The third-order valence-electron chi connectivity index (χ3n) is 3.19. The molecule has 104 valence electrons. The van der Waals surface area contributed by atoms with E-state index in [4.69, 9.17) is 9.47 Å². The quantitative estimate of drug-likeness (QED) is 0.883. The van der Waals surface area contributed by atoms with Crippen molar-refractivity contribution in [2.45, 2.75) is 13.8 Å². The van der Waals surface area contributed by atoms with Gasteiger partial charge in [-0.25, -0.2) is 0 Å². The van der Waals surface area contributed by atoms with Crippen LogP contribution in [0.3, 0.4) is 0 Å². The Morgan fingerprint density at radius 1 is 1.15 bits per heavy atom. The van der Waals surface area contributed by atoms with Crippen LogP contribution in [0.4, 0.5) is 5.69 Å². The Hall–Kier alpha value is -2.43. The maximum atomic E-state index is 12.2. The number of hydrogen-bond donors (Lipinski definition) is 2. The Bertz CT molecular complexity index is 661. The van der Waals surface area contributed by atoms with Gasteiger partial charge in [-0.1, -0.05) is 0 Å². The smallest absolute Gasteiger partial charge is 0.257 e. The first kappa shape index (κ1) is 12.6. The minimum atomic E-state index is -0.136. The summed E-state index contributed by atoms with van der Waals surface area (Å²) in [5, 5.41) is 2.87. The van der Waals surface area contributed by atoms with Crippen LogP contribution in [0.25, 0.3) is 0 Å². The third kappa shape index (κ3) is 2.34. The fraction of sp³-hybridized carbons (Fsp3) is 0.267. The molecule has 1 aliphatic heterocycles. The fourth-order valence-electron chi connectivity index (χ4n) is 2.28. The van der Waals surface area contributed by atoms with Gasteiger partial charge in [-0.15, -0.1) is 0 Å². The van der Waals surface area contributed by atoms with Crippen molar-refractivity contribution in [2.75, 3.05) is 18.5 Å². The molecule has 5 nitrogen and oxygen atoms in total. The lowest BCUT2D eigenvalue weighted by Gasteiger charge is -2.19. The number of rotatable bonds is 2. The van der Waals surface area contributed by atoms with E-state index in [-0.39, 0.29) is 5.91 Å². The normalized spacial score (nSPS) is 13.1. The largest absolute Gasteiger partial charge is 0.486 e. The number of aryl methyl sites for hydroxylation is 2. The summed E-state index contributed by atoms with van der Waals surface area (Å²) in [5.74, 6) is 1.24. The zero-order valence-corrected chi connectivity index (χ0v) is 11.4. The van der Waals surface area contributed by atoms with Crippen molar-refractivity contribution < 1.29 is 14.3 Å². The van der Waals surface area contributed by atoms with E-state index >= 15 is 0 Å². The van der Waals surface area contributed by atoms with Crippen molar-refractivity contribution in [2.24, 2.45) is 0 Å². The number of carbonyl (C=O) groups is 1. The number of amides is 1. The number of hydrogen-bond acceptors (Lipinski definition) is 3. The van der Waals surface area contributed by atoms with E-state index in [0.717, 1.165) is 11.4 Å². The van der Waals surface area contributed by atoms with Crippen molar-refractivity contribution in [3.63, 3.8) is 0 Å². The molecule has 1 aromatic heterocycles. The molecule has 2 aromatic rings. The third-order valence-corrected chi connectivity index (χ3v) is 3.19. The zero-order valence-electron chi connectivity index (χ0n) is 11.4. The number of ether oxygens (including phenoxy) is 2. The van der Waals surface area contributed by atoms with Gasteiger partial charge in [0.25, 0.3) is 5.91 Å². The lowest BCUT2D eigenvalue weighted by atomic mass is 10.2. The molecule has 0 fully saturated rings. The Kier molecular flexibility index (Phi) is 3.10. The monoisotopic (exact) mass is 272 g/mol. The van der Waals surface area contributed by atoms with Gasteiger partial charge in [0.1, 0.15) is 13.2 Å². The molecule has 0 bridgehead atoms. The number of H-pyrrole nitrogens is 1. The SMILES string of the molecule is Cc1cc(C(=O)Nc2ccc3c(c2)OCCO3)c(C)[nH]1. The minimum absolute atomic E-state index is 0.136. The molecular weight excluding hydrogens is 256 g/mol. The molecule has 20 heavy (non-hydrogen) atoms. The highest BCUT2D eigenvalue weighted by Gasteiger charge is 2.15. The molecule has 0 saturated heterocycles. The number of fused-ring (bicyclic) bond motifs is 1. The van der Waals surface area contributed by atoms with Crippen molar-refractivity contribution >= 4 is 11.6 Å². The van der Waals surface area contributed by atoms with Gasteiger partial charge in [0.2, 0.25) is 0 Å². The van der Waals surface area contributed by atoms with Gasteiger partial charge in [0.15, 0.2) is 11.5 Å². The number of nitrogens with one attached hydrogen (secondary N) is 2. The van der Waals surface area contributed by atoms with Crippen LogP contribution in [0.2, 0.25) is 0 Å². The van der Waals surface area contributed by atoms with E-state index in [1.165, 1.54) is 0 Å². The Balaban J connectivity index is 1.81. The van der Waals surface area contributed by atoms with Crippen LogP contribution in [-0.2, 0) is 0 Å². The van der Waals surface area contributed by atoms with Crippen molar-refractivity contribution in [3.05, 3.63) is 41.2 Å². The second kappa shape index (κ2) is 4.92. The lowest BCUT2D eigenvalue weighted by molar-refractivity contribution is 0.102. The molecule has 1 amide bonds. The topological polar surface area (TPSA) is 63.4 Å². The summed E-state index contributed by atoms with van der Waals surface area (Å²) in [4.78, 5) is 15.3. The molecule has 0 unspecified atom stereocenters. The average molecular weight is 272 g/mol. The van der Waals surface area contributed by atoms with E-state index < -0.39 is 0 Å². The Morgan fingerprint density at radius 2 is 1.90 bits per heavy atom. The summed E-state index contributed by atoms with van der Waals surface area (Å²) < 4.78 is 10.9. The van der Waals surface area contributed by atoms with Gasteiger partial charge < -0.3 is 19.8 Å². The van der Waals surface area contributed by atoms with Gasteiger partial charge in [0.05, 0.1) is 5.56 Å². The summed E-state index contributed by atoms with van der Waals surface area (Å²) >= 11 is 0. The molecule has 2 heterocycles. The molecule has 0 atom stereocenters. The van der Waals surface area contributed by atoms with E-state index in [1.54, 1.807) is 18.2 Å². The second-order valence-corrected chi connectivity index (χ2v) is 4.80. The van der Waals surface area contributed by atoms with Crippen LogP contribution >= 0.6 is 0 Å². The van der Waals surface area contributed by atoms with E-state index in [9.17, 15) is 4.79 Å². The highest BCUT2D eigenvalue weighted by molar-refractivity contribution is 6.05. The fourth-order valence-corrected chi connectivity index (χ4v) is 2.28. The summed E-state index contributed by atoms with van der Waals surface area (Å²) in [5.41, 5.74) is 3.17. The lowest BCUT2D eigenvalue weighted by Crippen LogP contribution is -2.16.